The van der Waals surface area contributed by atoms with Crippen molar-refractivity contribution in [2.45, 2.75) is 25.7 Å². The first-order valence-electron chi connectivity index (χ1n) is 10.5. The summed E-state index contributed by atoms with van der Waals surface area (Å²) in [6.07, 6.45) is -1.51. The van der Waals surface area contributed by atoms with Gasteiger partial charge in [-0.15, -0.1) is 11.3 Å². The normalized spacial score (nSPS) is 14.8. The smallest absolute Gasteiger partial charge is 0.342 e. The first-order valence-corrected chi connectivity index (χ1v) is 11.7. The lowest BCUT2D eigenvalue weighted by molar-refractivity contribution is -0.137. The lowest BCUT2D eigenvalue weighted by Gasteiger charge is -2.16. The van der Waals surface area contributed by atoms with Crippen LogP contribution in [0.1, 0.15) is 49.3 Å². The number of hydrogen-bond donors (Lipinski definition) is 3. The van der Waals surface area contributed by atoms with Crippen LogP contribution in [0.4, 0.5) is 24.8 Å². The van der Waals surface area contributed by atoms with Gasteiger partial charge in [-0.05, 0) is 20.0 Å². The number of halogens is 4. The standard InChI is InChI=1S/C21H18ClF3N8O3S/c1-9(30-19(36)16-10-6-33(2)7-15(34)32-17(10)29-8-28-16)20-27-5-13(37-20)18(35)31-14-3-11(21(23,24)25)12(22)4-26-14/h3-5,8-9H,6-7H2,1-2H3,(H,30,36)(H,26,31,35)(H,28,29,32,34)/t9-/m0/s1. The zero-order chi connectivity index (χ0) is 26.9. The molecule has 1 atom stereocenters. The lowest BCUT2D eigenvalue weighted by Crippen LogP contribution is -2.29. The Morgan fingerprint density at radius 3 is 2.65 bits per heavy atom. The van der Waals surface area contributed by atoms with Crippen LogP contribution >= 0.6 is 22.9 Å². The van der Waals surface area contributed by atoms with Crippen LogP contribution in [0.25, 0.3) is 0 Å². The highest BCUT2D eigenvalue weighted by Crippen LogP contribution is 2.35. The molecule has 37 heavy (non-hydrogen) atoms. The molecule has 4 rings (SSSR count). The maximum absolute atomic E-state index is 13.1. The monoisotopic (exact) mass is 554 g/mol. The molecule has 3 aromatic heterocycles. The molecule has 0 fully saturated rings. The average molecular weight is 555 g/mol. The summed E-state index contributed by atoms with van der Waals surface area (Å²) in [4.78, 5) is 55.2. The predicted molar refractivity (Wildman–Crippen MR) is 127 cm³/mol. The van der Waals surface area contributed by atoms with Gasteiger partial charge >= 0.3 is 6.18 Å². The third-order valence-electron chi connectivity index (χ3n) is 5.13. The minimum absolute atomic E-state index is 0.0784. The molecule has 0 saturated carbocycles. The maximum Gasteiger partial charge on any atom is 0.418 e. The van der Waals surface area contributed by atoms with E-state index in [1.165, 1.54) is 12.5 Å². The second kappa shape index (κ2) is 10.4. The molecule has 1 aliphatic heterocycles. The van der Waals surface area contributed by atoms with Crippen molar-refractivity contribution in [1.82, 2.24) is 30.2 Å². The van der Waals surface area contributed by atoms with Crippen LogP contribution in [0.5, 0.6) is 0 Å². The van der Waals surface area contributed by atoms with Gasteiger partial charge in [0.2, 0.25) is 5.91 Å². The highest BCUT2D eigenvalue weighted by molar-refractivity contribution is 7.13. The summed E-state index contributed by atoms with van der Waals surface area (Å²) in [5.74, 6) is -1.62. The predicted octanol–water partition coefficient (Wildman–Crippen LogP) is 3.13. The van der Waals surface area contributed by atoms with E-state index in [0.717, 1.165) is 17.5 Å². The van der Waals surface area contributed by atoms with Crippen molar-refractivity contribution in [3.05, 3.63) is 56.5 Å². The van der Waals surface area contributed by atoms with E-state index in [4.69, 9.17) is 11.6 Å². The highest BCUT2D eigenvalue weighted by atomic mass is 35.5. The Kier molecular flexibility index (Phi) is 7.38. The van der Waals surface area contributed by atoms with Gasteiger partial charge in [-0.2, -0.15) is 13.2 Å². The molecule has 0 bridgehead atoms. The van der Waals surface area contributed by atoms with Gasteiger partial charge in [-0.3, -0.25) is 19.3 Å². The molecule has 4 heterocycles. The molecule has 16 heteroatoms. The molecule has 0 saturated heterocycles. The van der Waals surface area contributed by atoms with Crippen molar-refractivity contribution in [2.75, 3.05) is 24.2 Å². The van der Waals surface area contributed by atoms with Crippen LogP contribution in [0, 0.1) is 0 Å². The summed E-state index contributed by atoms with van der Waals surface area (Å²) >= 11 is 6.49. The van der Waals surface area contributed by atoms with Crippen LogP contribution in [0.2, 0.25) is 5.02 Å². The molecule has 1 aliphatic rings. The Hall–Kier alpha value is -3.69. The summed E-state index contributed by atoms with van der Waals surface area (Å²) in [5, 5.41) is 7.44. The number of alkyl halides is 3. The minimum atomic E-state index is -4.71. The fraction of sp³-hybridized carbons (Fsp3) is 0.286. The van der Waals surface area contributed by atoms with E-state index in [0.29, 0.717) is 16.6 Å². The minimum Gasteiger partial charge on any atom is -0.342 e. The van der Waals surface area contributed by atoms with E-state index in [1.807, 2.05) is 0 Å². The van der Waals surface area contributed by atoms with E-state index in [-0.39, 0.29) is 41.2 Å². The van der Waals surface area contributed by atoms with E-state index >= 15 is 0 Å². The van der Waals surface area contributed by atoms with Crippen LogP contribution in [0.15, 0.2) is 24.8 Å². The topological polar surface area (TPSA) is 142 Å². The summed E-state index contributed by atoms with van der Waals surface area (Å²) in [5.41, 5.74) is -0.600. The van der Waals surface area contributed by atoms with Crippen molar-refractivity contribution in [3.8, 4) is 0 Å². The van der Waals surface area contributed by atoms with Gasteiger partial charge < -0.3 is 16.0 Å². The molecule has 3 amide bonds. The molecule has 3 N–H and O–H groups in total. The largest absolute Gasteiger partial charge is 0.418 e. The molecule has 0 aromatic carbocycles. The number of carbonyl (C=O) groups is 3. The fourth-order valence-corrected chi connectivity index (χ4v) is 4.46. The number of hydrogen-bond acceptors (Lipinski definition) is 9. The quantitative estimate of drug-likeness (QED) is 0.437. The van der Waals surface area contributed by atoms with Gasteiger partial charge in [0, 0.05) is 18.3 Å². The number of thiazole rings is 1. The number of aromatic nitrogens is 4. The Bertz CT molecular complexity index is 1380. The number of carbonyl (C=O) groups excluding carboxylic acids is 3. The number of nitrogens with zero attached hydrogens (tertiary/aromatic N) is 5. The third kappa shape index (κ3) is 6.00. The Morgan fingerprint density at radius 1 is 1.16 bits per heavy atom. The molecule has 11 nitrogen and oxygen atoms in total. The number of nitrogens with one attached hydrogen (secondary N) is 3. The molecular formula is C21H18ClF3N8O3S. The van der Waals surface area contributed by atoms with E-state index < -0.39 is 34.6 Å². The molecule has 0 spiro atoms. The Morgan fingerprint density at radius 2 is 1.92 bits per heavy atom. The van der Waals surface area contributed by atoms with Gasteiger partial charge in [0.1, 0.15) is 33.5 Å². The number of amides is 3. The Balaban J connectivity index is 1.46. The van der Waals surface area contributed by atoms with E-state index in [9.17, 15) is 27.6 Å². The lowest BCUT2D eigenvalue weighted by atomic mass is 10.1. The molecule has 0 unspecified atom stereocenters. The molecule has 3 aromatic rings. The average Bonchev–Trinajstić information content (AvgIpc) is 3.25. The number of pyridine rings is 1. The second-order valence-corrected chi connectivity index (χ2v) is 9.50. The fourth-order valence-electron chi connectivity index (χ4n) is 3.43. The van der Waals surface area contributed by atoms with Crippen molar-refractivity contribution in [2.24, 2.45) is 0 Å². The summed E-state index contributed by atoms with van der Waals surface area (Å²) in [7, 11) is 1.72. The zero-order valence-corrected chi connectivity index (χ0v) is 20.8. The summed E-state index contributed by atoms with van der Waals surface area (Å²) in [6, 6.07) is -0.0107. The van der Waals surface area contributed by atoms with Crippen LogP contribution < -0.4 is 16.0 Å². The second-order valence-electron chi connectivity index (χ2n) is 8.03. The number of rotatable bonds is 5. The van der Waals surface area contributed by atoms with Gasteiger partial charge in [0.15, 0.2) is 0 Å². The van der Waals surface area contributed by atoms with E-state index in [1.54, 1.807) is 18.9 Å². The first-order chi connectivity index (χ1) is 17.4. The van der Waals surface area contributed by atoms with Gasteiger partial charge in [-0.25, -0.2) is 19.9 Å². The van der Waals surface area contributed by atoms with Crippen LogP contribution in [0.3, 0.4) is 0 Å². The van der Waals surface area contributed by atoms with Crippen LogP contribution in [-0.4, -0.2) is 56.1 Å². The molecule has 194 valence electrons. The van der Waals surface area contributed by atoms with Gasteiger partial charge in [-0.1, -0.05) is 11.6 Å². The van der Waals surface area contributed by atoms with Crippen molar-refractivity contribution in [1.29, 1.82) is 0 Å². The first kappa shape index (κ1) is 26.4. The summed E-state index contributed by atoms with van der Waals surface area (Å²) in [6.45, 7) is 2.03. The SMILES string of the molecule is C[C@H](NC(=O)c1ncnc2c1CN(C)CC(=O)N2)c1ncc(C(=O)Nc2cc(C(F)(F)F)c(Cl)cn2)s1. The number of anilines is 2. The van der Waals surface area contributed by atoms with E-state index in [2.05, 4.69) is 35.9 Å². The van der Waals surface area contributed by atoms with Crippen molar-refractivity contribution >= 4 is 52.3 Å². The number of likely N-dealkylation sites (N-methyl/N-ethyl adjacent to an activating group) is 1. The van der Waals surface area contributed by atoms with Gasteiger partial charge in [0.25, 0.3) is 11.8 Å². The molecule has 0 radical (unpaired) electrons. The Labute approximate surface area is 216 Å². The highest BCUT2D eigenvalue weighted by Gasteiger charge is 2.34. The third-order valence-corrected chi connectivity index (χ3v) is 6.61. The maximum atomic E-state index is 13.1. The van der Waals surface area contributed by atoms with Crippen molar-refractivity contribution < 1.29 is 27.6 Å². The summed E-state index contributed by atoms with van der Waals surface area (Å²) < 4.78 is 39.2. The molecule has 0 aliphatic carbocycles. The molecular weight excluding hydrogens is 537 g/mol. The zero-order valence-electron chi connectivity index (χ0n) is 19.2. The number of fused-ring (bicyclic) bond motifs is 1. The van der Waals surface area contributed by atoms with Gasteiger partial charge in [0.05, 0.1) is 29.4 Å². The van der Waals surface area contributed by atoms with Crippen molar-refractivity contribution in [3.63, 3.8) is 0 Å². The van der Waals surface area contributed by atoms with Crippen LogP contribution in [-0.2, 0) is 17.5 Å².